The van der Waals surface area contributed by atoms with Crippen molar-refractivity contribution in [3.63, 3.8) is 0 Å². The molecule has 1 aromatic carbocycles. The number of piperidine rings is 1. The van der Waals surface area contributed by atoms with Crippen LogP contribution in [0.3, 0.4) is 0 Å². The highest BCUT2D eigenvalue weighted by Crippen LogP contribution is 2.29. The van der Waals surface area contributed by atoms with Crippen LogP contribution in [0.5, 0.6) is 0 Å². The lowest BCUT2D eigenvalue weighted by Crippen LogP contribution is -2.33. The van der Waals surface area contributed by atoms with Gasteiger partial charge in [-0.25, -0.2) is 0 Å². The van der Waals surface area contributed by atoms with Crippen LogP contribution in [0.2, 0.25) is 5.02 Å². The molecular weight excluding hydrogens is 346 g/mol. The van der Waals surface area contributed by atoms with E-state index in [2.05, 4.69) is 15.2 Å². The molecule has 0 bridgehead atoms. The maximum absolute atomic E-state index is 12.2. The highest BCUT2D eigenvalue weighted by molar-refractivity contribution is 8.15. The number of nitrogens with zero attached hydrogens (tertiary/aromatic N) is 2. The molecule has 0 radical (unpaired) electrons. The second-order valence-corrected chi connectivity index (χ2v) is 7.68. The molecule has 0 spiro atoms. The monoisotopic (exact) mass is 365 g/mol. The minimum Gasteiger partial charge on any atom is -0.351 e. The zero-order chi connectivity index (χ0) is 17.1. The number of carbonyl (C=O) groups is 2. The second-order valence-electron chi connectivity index (χ2n) is 6.10. The average Bonchev–Trinajstić information content (AvgIpc) is 2.93. The molecule has 24 heavy (non-hydrogen) atoms. The van der Waals surface area contributed by atoms with Gasteiger partial charge >= 0.3 is 0 Å². The summed E-state index contributed by atoms with van der Waals surface area (Å²) >= 11 is 7.47. The van der Waals surface area contributed by atoms with Crippen molar-refractivity contribution in [1.29, 1.82) is 0 Å². The number of likely N-dealkylation sites (tertiary alicyclic amines) is 1. The molecule has 2 heterocycles. The first-order chi connectivity index (χ1) is 11.5. The molecule has 0 aromatic heterocycles. The van der Waals surface area contributed by atoms with Crippen LogP contribution in [0.4, 0.5) is 5.69 Å². The Bertz CT molecular complexity index is 686. The Morgan fingerprint density at radius 3 is 2.83 bits per heavy atom. The molecule has 1 saturated heterocycles. The van der Waals surface area contributed by atoms with E-state index in [-0.39, 0.29) is 18.2 Å². The number of rotatable bonds is 3. The van der Waals surface area contributed by atoms with E-state index in [1.165, 1.54) is 18.2 Å². The molecular formula is C17H20ClN3O2S. The number of aryl methyl sites for hydroxylation is 1. The van der Waals surface area contributed by atoms with Crippen LogP contribution < -0.4 is 5.32 Å². The molecule has 1 N–H and O–H groups in total. The van der Waals surface area contributed by atoms with Crippen molar-refractivity contribution >= 4 is 46.0 Å². The van der Waals surface area contributed by atoms with Gasteiger partial charge in [0.2, 0.25) is 5.91 Å². The summed E-state index contributed by atoms with van der Waals surface area (Å²) in [6.07, 6.45) is 3.61. The maximum atomic E-state index is 12.2. The van der Waals surface area contributed by atoms with Crippen LogP contribution in [0.15, 0.2) is 23.2 Å². The standard InChI is InChI=1S/C17H20ClN3O2S/c1-11-5-6-12(9-13(11)18)19-15(22)10-14-16(23)20-17(24-14)21-7-3-2-4-8-21/h5-6,9,14H,2-4,7-8,10H2,1H3,(H,19,22)/t14-/m0/s1. The van der Waals surface area contributed by atoms with Crippen molar-refractivity contribution < 1.29 is 9.59 Å². The average molecular weight is 366 g/mol. The molecule has 1 atom stereocenters. The van der Waals surface area contributed by atoms with Gasteiger partial charge in [-0.1, -0.05) is 29.4 Å². The molecule has 2 aliphatic rings. The van der Waals surface area contributed by atoms with Crippen molar-refractivity contribution in [2.45, 2.75) is 37.9 Å². The highest BCUT2D eigenvalue weighted by atomic mass is 35.5. The Morgan fingerprint density at radius 2 is 2.12 bits per heavy atom. The Balaban J connectivity index is 1.55. The van der Waals surface area contributed by atoms with E-state index in [1.807, 2.05) is 13.0 Å². The Kier molecular flexibility index (Phi) is 5.46. The van der Waals surface area contributed by atoms with Crippen molar-refractivity contribution in [3.8, 4) is 0 Å². The third-order valence-corrected chi connectivity index (χ3v) is 5.80. The number of benzene rings is 1. The van der Waals surface area contributed by atoms with E-state index >= 15 is 0 Å². The maximum Gasteiger partial charge on any atom is 0.262 e. The van der Waals surface area contributed by atoms with Crippen LogP contribution in [0.25, 0.3) is 0 Å². The van der Waals surface area contributed by atoms with Crippen LogP contribution in [-0.2, 0) is 9.59 Å². The van der Waals surface area contributed by atoms with Gasteiger partial charge in [-0.2, -0.15) is 4.99 Å². The largest absolute Gasteiger partial charge is 0.351 e. The van der Waals surface area contributed by atoms with Gasteiger partial charge in [-0.15, -0.1) is 0 Å². The summed E-state index contributed by atoms with van der Waals surface area (Å²) in [6.45, 7) is 3.79. The van der Waals surface area contributed by atoms with Crippen molar-refractivity contribution in [3.05, 3.63) is 28.8 Å². The summed E-state index contributed by atoms with van der Waals surface area (Å²) in [5.41, 5.74) is 1.60. The van der Waals surface area contributed by atoms with Crippen molar-refractivity contribution in [2.75, 3.05) is 18.4 Å². The molecule has 1 fully saturated rings. The van der Waals surface area contributed by atoms with Gasteiger partial charge in [0.15, 0.2) is 5.17 Å². The number of hydrogen-bond acceptors (Lipinski definition) is 4. The van der Waals surface area contributed by atoms with E-state index < -0.39 is 5.25 Å². The van der Waals surface area contributed by atoms with Gasteiger partial charge in [0.25, 0.3) is 5.91 Å². The number of hydrogen-bond donors (Lipinski definition) is 1. The molecule has 2 amide bonds. The van der Waals surface area contributed by atoms with Crippen LogP contribution in [0.1, 0.15) is 31.2 Å². The SMILES string of the molecule is Cc1ccc(NC(=O)C[C@@H]2SC(N3CCCCC3)=NC2=O)cc1Cl. The summed E-state index contributed by atoms with van der Waals surface area (Å²) in [7, 11) is 0. The molecule has 0 aliphatic carbocycles. The lowest BCUT2D eigenvalue weighted by molar-refractivity contribution is -0.121. The molecule has 5 nitrogen and oxygen atoms in total. The number of amides is 2. The minimum absolute atomic E-state index is 0.121. The number of amidine groups is 1. The molecule has 3 rings (SSSR count). The van der Waals surface area contributed by atoms with Gasteiger partial charge in [0.1, 0.15) is 5.25 Å². The third kappa shape index (κ3) is 4.11. The topological polar surface area (TPSA) is 61.8 Å². The van der Waals surface area contributed by atoms with E-state index in [0.29, 0.717) is 10.7 Å². The lowest BCUT2D eigenvalue weighted by Gasteiger charge is -2.27. The Morgan fingerprint density at radius 1 is 1.38 bits per heavy atom. The molecule has 0 saturated carbocycles. The van der Waals surface area contributed by atoms with Crippen LogP contribution >= 0.6 is 23.4 Å². The van der Waals surface area contributed by atoms with Gasteiger partial charge in [0.05, 0.1) is 0 Å². The van der Waals surface area contributed by atoms with Crippen molar-refractivity contribution in [2.24, 2.45) is 4.99 Å². The van der Waals surface area contributed by atoms with Gasteiger partial charge in [-0.3, -0.25) is 9.59 Å². The normalized spacial score (nSPS) is 20.9. The summed E-state index contributed by atoms with van der Waals surface area (Å²) in [6, 6.07) is 5.37. The summed E-state index contributed by atoms with van der Waals surface area (Å²) in [4.78, 5) is 30.6. The number of anilines is 1. The predicted molar refractivity (Wildman–Crippen MR) is 98.7 cm³/mol. The molecule has 128 valence electrons. The number of carbonyl (C=O) groups excluding carboxylic acids is 2. The quantitative estimate of drug-likeness (QED) is 0.891. The summed E-state index contributed by atoms with van der Waals surface area (Å²) < 4.78 is 0. The molecule has 2 aliphatic heterocycles. The molecule has 7 heteroatoms. The minimum atomic E-state index is -0.428. The fourth-order valence-electron chi connectivity index (χ4n) is 2.78. The van der Waals surface area contributed by atoms with E-state index in [0.717, 1.165) is 36.7 Å². The fraction of sp³-hybridized carbons (Fsp3) is 0.471. The first-order valence-electron chi connectivity index (χ1n) is 8.13. The Labute approximate surface area is 150 Å². The third-order valence-electron chi connectivity index (χ3n) is 4.18. The number of nitrogens with one attached hydrogen (secondary N) is 1. The lowest BCUT2D eigenvalue weighted by atomic mass is 10.1. The first kappa shape index (κ1) is 17.3. The zero-order valence-corrected chi connectivity index (χ0v) is 15.1. The van der Waals surface area contributed by atoms with E-state index in [4.69, 9.17) is 11.6 Å². The van der Waals surface area contributed by atoms with Gasteiger partial charge < -0.3 is 10.2 Å². The van der Waals surface area contributed by atoms with Crippen molar-refractivity contribution in [1.82, 2.24) is 4.90 Å². The van der Waals surface area contributed by atoms with Gasteiger partial charge in [0, 0.05) is 30.2 Å². The zero-order valence-electron chi connectivity index (χ0n) is 13.5. The summed E-state index contributed by atoms with van der Waals surface area (Å²) in [5.74, 6) is -0.409. The number of halogens is 1. The number of aliphatic imine (C=N–C) groups is 1. The van der Waals surface area contributed by atoms with E-state index in [1.54, 1.807) is 12.1 Å². The first-order valence-corrected chi connectivity index (χ1v) is 9.39. The van der Waals surface area contributed by atoms with E-state index in [9.17, 15) is 9.59 Å². The number of thioether (sulfide) groups is 1. The van der Waals surface area contributed by atoms with Gasteiger partial charge in [-0.05, 0) is 43.9 Å². The highest BCUT2D eigenvalue weighted by Gasteiger charge is 2.33. The van der Waals surface area contributed by atoms with Crippen LogP contribution in [0, 0.1) is 6.92 Å². The second kappa shape index (κ2) is 7.57. The Hall–Kier alpha value is -1.53. The fourth-order valence-corrected chi connectivity index (χ4v) is 4.08. The molecule has 0 unspecified atom stereocenters. The molecule has 1 aromatic rings. The summed E-state index contributed by atoms with van der Waals surface area (Å²) in [5, 5.41) is 3.75. The predicted octanol–water partition coefficient (Wildman–Crippen LogP) is 3.46. The van der Waals surface area contributed by atoms with Crippen LogP contribution in [-0.4, -0.2) is 40.2 Å². The smallest absolute Gasteiger partial charge is 0.262 e.